The average Bonchev–Trinajstić information content (AvgIpc) is 2.97. The Balaban J connectivity index is 1.73. The van der Waals surface area contributed by atoms with E-state index in [0.717, 1.165) is 33.7 Å². The summed E-state index contributed by atoms with van der Waals surface area (Å²) in [6.07, 6.45) is 0. The maximum Gasteiger partial charge on any atom is 0.222 e. The molecule has 2 aromatic heterocycles. The van der Waals surface area contributed by atoms with Gasteiger partial charge >= 0.3 is 0 Å². The van der Waals surface area contributed by atoms with Crippen molar-refractivity contribution in [3.8, 4) is 11.3 Å². The summed E-state index contributed by atoms with van der Waals surface area (Å²) >= 11 is 6.29. The molecule has 0 aliphatic heterocycles. The van der Waals surface area contributed by atoms with Crippen molar-refractivity contribution in [1.29, 1.82) is 0 Å². The van der Waals surface area contributed by atoms with Crippen LogP contribution in [0.3, 0.4) is 0 Å². The van der Waals surface area contributed by atoms with Crippen LogP contribution in [0.25, 0.3) is 22.3 Å². The van der Waals surface area contributed by atoms with Crippen LogP contribution in [0.4, 0.5) is 17.5 Å². The molecule has 0 spiro atoms. The van der Waals surface area contributed by atoms with Gasteiger partial charge in [-0.15, -0.1) is 0 Å². The van der Waals surface area contributed by atoms with Crippen molar-refractivity contribution in [2.45, 2.75) is 6.92 Å². The fourth-order valence-electron chi connectivity index (χ4n) is 2.73. The Bertz CT molecular complexity index is 1020. The highest BCUT2D eigenvalue weighted by Crippen LogP contribution is 2.32. The maximum absolute atomic E-state index is 6.29. The van der Waals surface area contributed by atoms with Crippen molar-refractivity contribution in [3.63, 3.8) is 0 Å². The average molecular weight is 351 g/mol. The minimum atomic E-state index is 0.224. The van der Waals surface area contributed by atoms with E-state index in [0.29, 0.717) is 10.8 Å². The molecule has 2 aromatic carbocycles. The van der Waals surface area contributed by atoms with Gasteiger partial charge in [-0.3, -0.25) is 0 Å². The molecule has 0 fully saturated rings. The van der Waals surface area contributed by atoms with E-state index >= 15 is 0 Å². The number of aryl methyl sites for hydroxylation is 1. The second-order valence-electron chi connectivity index (χ2n) is 5.75. The number of furan rings is 1. The van der Waals surface area contributed by atoms with E-state index in [4.69, 9.17) is 21.8 Å². The number of nitrogens with one attached hydrogen (secondary N) is 1. The second-order valence-corrected chi connectivity index (χ2v) is 6.19. The highest BCUT2D eigenvalue weighted by Gasteiger charge is 2.09. The van der Waals surface area contributed by atoms with Gasteiger partial charge in [-0.25, -0.2) is 4.98 Å². The number of para-hydroxylation sites is 1. The lowest BCUT2D eigenvalue weighted by Gasteiger charge is -2.09. The van der Waals surface area contributed by atoms with Crippen molar-refractivity contribution in [3.05, 3.63) is 65.3 Å². The number of hydrogen-bond acceptors (Lipinski definition) is 5. The molecule has 0 unspecified atom stereocenters. The van der Waals surface area contributed by atoms with Crippen LogP contribution in [0.1, 0.15) is 5.69 Å². The zero-order chi connectivity index (χ0) is 17.4. The Morgan fingerprint density at radius 2 is 1.88 bits per heavy atom. The maximum atomic E-state index is 6.29. The van der Waals surface area contributed by atoms with Crippen LogP contribution in [-0.2, 0) is 0 Å². The summed E-state index contributed by atoms with van der Waals surface area (Å²) in [4.78, 5) is 8.25. The number of nitrogen functional groups attached to an aromatic ring is 1. The summed E-state index contributed by atoms with van der Waals surface area (Å²) in [6.45, 7) is 1.86. The number of aromatic nitrogens is 2. The number of benzene rings is 2. The quantitative estimate of drug-likeness (QED) is 0.532. The first kappa shape index (κ1) is 15.5. The van der Waals surface area contributed by atoms with Crippen LogP contribution in [0, 0.1) is 6.92 Å². The lowest BCUT2D eigenvalue weighted by atomic mass is 10.1. The predicted molar refractivity (Wildman–Crippen MR) is 101 cm³/mol. The Kier molecular flexibility index (Phi) is 3.78. The van der Waals surface area contributed by atoms with Crippen molar-refractivity contribution in [2.75, 3.05) is 11.1 Å². The molecule has 4 rings (SSSR count). The van der Waals surface area contributed by atoms with Crippen molar-refractivity contribution in [2.24, 2.45) is 0 Å². The Hall–Kier alpha value is -3.05. The first-order chi connectivity index (χ1) is 12.1. The standard InChI is InChI=1S/C19H15ClN4O/c1-11-6-18(24-19(21)22-11)23-15-8-13(7-14(20)10-15)17-9-12-4-2-3-5-16(12)25-17/h2-10H,1H3,(H3,21,22,23,24). The third kappa shape index (κ3) is 3.27. The molecule has 0 amide bonds. The van der Waals surface area contributed by atoms with E-state index in [1.54, 1.807) is 0 Å². The molecule has 2 heterocycles. The van der Waals surface area contributed by atoms with Gasteiger partial charge in [0.15, 0.2) is 0 Å². The second kappa shape index (κ2) is 6.11. The Morgan fingerprint density at radius 1 is 1.04 bits per heavy atom. The molecule has 0 saturated carbocycles. The monoisotopic (exact) mass is 350 g/mol. The molecule has 0 aliphatic rings. The zero-order valence-corrected chi connectivity index (χ0v) is 14.2. The molecule has 5 nitrogen and oxygen atoms in total. The Morgan fingerprint density at radius 3 is 2.68 bits per heavy atom. The van der Waals surface area contributed by atoms with E-state index in [1.165, 1.54) is 0 Å². The van der Waals surface area contributed by atoms with E-state index in [9.17, 15) is 0 Å². The highest BCUT2D eigenvalue weighted by molar-refractivity contribution is 6.31. The third-order valence-electron chi connectivity index (χ3n) is 3.75. The topological polar surface area (TPSA) is 77.0 Å². The summed E-state index contributed by atoms with van der Waals surface area (Å²) in [7, 11) is 0. The molecule has 124 valence electrons. The molecule has 6 heteroatoms. The Labute approximate surface area is 149 Å². The van der Waals surface area contributed by atoms with E-state index in [1.807, 2.05) is 61.5 Å². The number of hydrogen-bond donors (Lipinski definition) is 2. The minimum Gasteiger partial charge on any atom is -0.456 e. The molecule has 3 N–H and O–H groups in total. The van der Waals surface area contributed by atoms with E-state index < -0.39 is 0 Å². The third-order valence-corrected chi connectivity index (χ3v) is 3.97. The van der Waals surface area contributed by atoms with Crippen molar-refractivity contribution in [1.82, 2.24) is 9.97 Å². The van der Waals surface area contributed by atoms with E-state index in [2.05, 4.69) is 15.3 Å². The molecule has 0 bridgehead atoms. The van der Waals surface area contributed by atoms with Crippen LogP contribution in [0.2, 0.25) is 5.02 Å². The lowest BCUT2D eigenvalue weighted by molar-refractivity contribution is 0.631. The molecule has 4 aromatic rings. The number of nitrogens with zero attached hydrogens (tertiary/aromatic N) is 2. The van der Waals surface area contributed by atoms with Gasteiger partial charge in [-0.05, 0) is 37.3 Å². The van der Waals surface area contributed by atoms with Gasteiger partial charge in [0.25, 0.3) is 0 Å². The summed E-state index contributed by atoms with van der Waals surface area (Å²) in [5.74, 6) is 1.59. The normalized spacial score (nSPS) is 11.0. The molecular weight excluding hydrogens is 336 g/mol. The van der Waals surface area contributed by atoms with Crippen molar-refractivity contribution < 1.29 is 4.42 Å². The predicted octanol–water partition coefficient (Wildman–Crippen LogP) is 5.18. The van der Waals surface area contributed by atoms with E-state index in [-0.39, 0.29) is 5.95 Å². The zero-order valence-electron chi connectivity index (χ0n) is 13.5. The van der Waals surface area contributed by atoms with Gasteiger partial charge < -0.3 is 15.5 Å². The number of rotatable bonds is 3. The highest BCUT2D eigenvalue weighted by atomic mass is 35.5. The van der Waals surface area contributed by atoms with Gasteiger partial charge in [-0.1, -0.05) is 29.8 Å². The fourth-order valence-corrected chi connectivity index (χ4v) is 2.97. The van der Waals surface area contributed by atoms with Gasteiger partial charge in [0, 0.05) is 33.4 Å². The lowest BCUT2D eigenvalue weighted by Crippen LogP contribution is -2.01. The van der Waals surface area contributed by atoms with Crippen LogP contribution in [0.5, 0.6) is 0 Å². The molecule has 0 radical (unpaired) electrons. The number of anilines is 3. The van der Waals surface area contributed by atoms with Gasteiger partial charge in [-0.2, -0.15) is 4.98 Å². The SMILES string of the molecule is Cc1cc(Nc2cc(Cl)cc(-c3cc4ccccc4o3)c2)nc(N)n1. The van der Waals surface area contributed by atoms with Gasteiger partial charge in [0.2, 0.25) is 5.95 Å². The summed E-state index contributed by atoms with van der Waals surface area (Å²) < 4.78 is 5.92. The molecule has 0 aliphatic carbocycles. The van der Waals surface area contributed by atoms with Crippen LogP contribution in [-0.4, -0.2) is 9.97 Å². The summed E-state index contributed by atoms with van der Waals surface area (Å²) in [5, 5.41) is 4.86. The number of nitrogens with two attached hydrogens (primary N) is 1. The van der Waals surface area contributed by atoms with Crippen LogP contribution >= 0.6 is 11.6 Å². The van der Waals surface area contributed by atoms with Crippen molar-refractivity contribution >= 4 is 40.0 Å². The first-order valence-electron chi connectivity index (χ1n) is 7.74. The molecule has 0 saturated heterocycles. The molecule has 0 atom stereocenters. The minimum absolute atomic E-state index is 0.224. The van der Waals surface area contributed by atoms with Gasteiger partial charge in [0.1, 0.15) is 17.2 Å². The first-order valence-corrected chi connectivity index (χ1v) is 8.12. The van der Waals surface area contributed by atoms with Gasteiger partial charge in [0.05, 0.1) is 0 Å². The summed E-state index contributed by atoms with van der Waals surface area (Å²) in [6, 6.07) is 17.3. The number of halogens is 1. The molecular formula is C19H15ClN4O. The number of fused-ring (bicyclic) bond motifs is 1. The van der Waals surface area contributed by atoms with Crippen LogP contribution < -0.4 is 11.1 Å². The fraction of sp³-hybridized carbons (Fsp3) is 0.0526. The molecule has 25 heavy (non-hydrogen) atoms. The van der Waals surface area contributed by atoms with Crippen LogP contribution in [0.15, 0.2) is 59.0 Å². The largest absolute Gasteiger partial charge is 0.456 e. The summed E-state index contributed by atoms with van der Waals surface area (Å²) in [5.41, 5.74) is 9.00. The smallest absolute Gasteiger partial charge is 0.222 e.